The third-order valence-corrected chi connectivity index (χ3v) is 2.61. The number of nitrogens with zero attached hydrogens (tertiary/aromatic N) is 1. The molecule has 0 bridgehead atoms. The van der Waals surface area contributed by atoms with Crippen LogP contribution in [0.3, 0.4) is 0 Å². The van der Waals surface area contributed by atoms with Gasteiger partial charge in [0.2, 0.25) is 0 Å². The molecule has 2 nitrogen and oxygen atoms in total. The molecule has 0 amide bonds. The molecule has 0 aliphatic carbocycles. The van der Waals surface area contributed by atoms with Crippen molar-refractivity contribution < 1.29 is 0 Å². The first kappa shape index (κ1) is 11.1. The van der Waals surface area contributed by atoms with E-state index in [1.165, 1.54) is 16.8 Å². The molecule has 0 aliphatic rings. The second kappa shape index (κ2) is 5.01. The fraction of sp³-hybridized carbons (Fsp3) is 0.500. The molecule has 0 spiro atoms. The van der Waals surface area contributed by atoms with Gasteiger partial charge in [-0.25, -0.2) is 0 Å². The predicted molar refractivity (Wildman–Crippen MR) is 62.6 cm³/mol. The SMILES string of the molecule is CCN(CC)c1cc(CN)ccc1C. The van der Waals surface area contributed by atoms with E-state index in [1.54, 1.807) is 0 Å². The van der Waals surface area contributed by atoms with E-state index in [1.807, 2.05) is 0 Å². The number of anilines is 1. The third kappa shape index (κ3) is 2.26. The summed E-state index contributed by atoms with van der Waals surface area (Å²) < 4.78 is 0. The molecule has 0 saturated carbocycles. The molecule has 14 heavy (non-hydrogen) atoms. The van der Waals surface area contributed by atoms with E-state index in [0.717, 1.165) is 13.1 Å². The minimum atomic E-state index is 0.620. The molecule has 0 fully saturated rings. The Morgan fingerprint density at radius 3 is 2.36 bits per heavy atom. The zero-order valence-corrected chi connectivity index (χ0v) is 9.38. The van der Waals surface area contributed by atoms with Crippen LogP contribution in [0.4, 0.5) is 5.69 Å². The van der Waals surface area contributed by atoms with Gasteiger partial charge in [0.1, 0.15) is 0 Å². The smallest absolute Gasteiger partial charge is 0.0398 e. The largest absolute Gasteiger partial charge is 0.372 e. The van der Waals surface area contributed by atoms with Gasteiger partial charge in [0, 0.05) is 25.3 Å². The van der Waals surface area contributed by atoms with Crippen LogP contribution < -0.4 is 10.6 Å². The average Bonchev–Trinajstić information content (AvgIpc) is 2.22. The van der Waals surface area contributed by atoms with E-state index >= 15 is 0 Å². The van der Waals surface area contributed by atoms with Gasteiger partial charge >= 0.3 is 0 Å². The van der Waals surface area contributed by atoms with E-state index < -0.39 is 0 Å². The monoisotopic (exact) mass is 192 g/mol. The second-order valence-electron chi connectivity index (χ2n) is 3.50. The number of aryl methyl sites for hydroxylation is 1. The molecule has 1 aromatic rings. The number of rotatable bonds is 4. The van der Waals surface area contributed by atoms with Crippen molar-refractivity contribution >= 4 is 5.69 Å². The molecule has 1 aromatic carbocycles. The Hall–Kier alpha value is -1.02. The summed E-state index contributed by atoms with van der Waals surface area (Å²) in [5.41, 5.74) is 9.48. The Morgan fingerprint density at radius 1 is 1.21 bits per heavy atom. The van der Waals surface area contributed by atoms with Crippen molar-refractivity contribution in [1.29, 1.82) is 0 Å². The van der Waals surface area contributed by atoms with E-state index in [9.17, 15) is 0 Å². The van der Waals surface area contributed by atoms with Crippen molar-refractivity contribution in [3.8, 4) is 0 Å². The Labute approximate surface area is 86.7 Å². The fourth-order valence-electron chi connectivity index (χ4n) is 1.69. The fourth-order valence-corrected chi connectivity index (χ4v) is 1.69. The molecule has 1 rings (SSSR count). The van der Waals surface area contributed by atoms with Crippen LogP contribution in [0.2, 0.25) is 0 Å². The van der Waals surface area contributed by atoms with Gasteiger partial charge in [-0.3, -0.25) is 0 Å². The van der Waals surface area contributed by atoms with Gasteiger partial charge < -0.3 is 10.6 Å². The second-order valence-corrected chi connectivity index (χ2v) is 3.50. The Balaban J connectivity index is 3.04. The van der Waals surface area contributed by atoms with Gasteiger partial charge in [0.25, 0.3) is 0 Å². The number of benzene rings is 1. The van der Waals surface area contributed by atoms with Crippen molar-refractivity contribution in [2.75, 3.05) is 18.0 Å². The first-order valence-corrected chi connectivity index (χ1v) is 5.27. The summed E-state index contributed by atoms with van der Waals surface area (Å²) in [4.78, 5) is 2.36. The lowest BCUT2D eigenvalue weighted by molar-refractivity contribution is 0.859. The van der Waals surface area contributed by atoms with Crippen LogP contribution in [-0.2, 0) is 6.54 Å². The van der Waals surface area contributed by atoms with Crippen molar-refractivity contribution in [3.63, 3.8) is 0 Å². The molecule has 0 aliphatic heterocycles. The van der Waals surface area contributed by atoms with E-state index in [0.29, 0.717) is 6.54 Å². The van der Waals surface area contributed by atoms with E-state index in [4.69, 9.17) is 5.73 Å². The topological polar surface area (TPSA) is 29.3 Å². The van der Waals surface area contributed by atoms with Crippen molar-refractivity contribution in [2.24, 2.45) is 5.73 Å². The van der Waals surface area contributed by atoms with E-state index in [-0.39, 0.29) is 0 Å². The maximum absolute atomic E-state index is 5.63. The maximum Gasteiger partial charge on any atom is 0.0398 e. The van der Waals surface area contributed by atoms with Gasteiger partial charge in [0.15, 0.2) is 0 Å². The minimum Gasteiger partial charge on any atom is -0.372 e. The van der Waals surface area contributed by atoms with Crippen LogP contribution >= 0.6 is 0 Å². The summed E-state index contributed by atoms with van der Waals surface area (Å²) in [6.07, 6.45) is 0. The van der Waals surface area contributed by atoms with Gasteiger partial charge in [-0.1, -0.05) is 12.1 Å². The van der Waals surface area contributed by atoms with Crippen LogP contribution in [0.1, 0.15) is 25.0 Å². The molecule has 0 radical (unpaired) electrons. The first-order valence-electron chi connectivity index (χ1n) is 5.27. The van der Waals surface area contributed by atoms with Gasteiger partial charge in [-0.15, -0.1) is 0 Å². The molecule has 2 heteroatoms. The molecule has 0 saturated heterocycles. The lowest BCUT2D eigenvalue weighted by Crippen LogP contribution is -2.22. The van der Waals surface area contributed by atoms with E-state index in [2.05, 4.69) is 43.9 Å². The third-order valence-electron chi connectivity index (χ3n) is 2.61. The zero-order valence-electron chi connectivity index (χ0n) is 9.38. The molecule has 78 valence electrons. The molecule has 0 atom stereocenters. The quantitative estimate of drug-likeness (QED) is 0.793. The highest BCUT2D eigenvalue weighted by Gasteiger charge is 2.05. The van der Waals surface area contributed by atoms with Crippen molar-refractivity contribution in [1.82, 2.24) is 0 Å². The molecule has 0 unspecified atom stereocenters. The Bertz CT molecular complexity index is 290. The highest BCUT2D eigenvalue weighted by atomic mass is 15.1. The average molecular weight is 192 g/mol. The first-order chi connectivity index (χ1) is 6.72. The standard InChI is InChI=1S/C12H20N2/c1-4-14(5-2)12-8-11(9-13)7-6-10(12)3/h6-8H,4-5,9,13H2,1-3H3. The van der Waals surface area contributed by atoms with Crippen LogP contribution in [0.25, 0.3) is 0 Å². The van der Waals surface area contributed by atoms with Crippen LogP contribution in [0.5, 0.6) is 0 Å². The van der Waals surface area contributed by atoms with Gasteiger partial charge in [-0.05, 0) is 38.0 Å². The summed E-state index contributed by atoms with van der Waals surface area (Å²) in [5, 5.41) is 0. The van der Waals surface area contributed by atoms with Crippen LogP contribution in [-0.4, -0.2) is 13.1 Å². The van der Waals surface area contributed by atoms with Crippen LogP contribution in [0, 0.1) is 6.92 Å². The van der Waals surface area contributed by atoms with Crippen LogP contribution in [0.15, 0.2) is 18.2 Å². The lowest BCUT2D eigenvalue weighted by atomic mass is 10.1. The summed E-state index contributed by atoms with van der Waals surface area (Å²) >= 11 is 0. The van der Waals surface area contributed by atoms with Crippen molar-refractivity contribution in [2.45, 2.75) is 27.3 Å². The number of hydrogen-bond acceptors (Lipinski definition) is 2. The van der Waals surface area contributed by atoms with Gasteiger partial charge in [0.05, 0.1) is 0 Å². The number of hydrogen-bond donors (Lipinski definition) is 1. The summed E-state index contributed by atoms with van der Waals surface area (Å²) in [5.74, 6) is 0. The summed E-state index contributed by atoms with van der Waals surface area (Å²) in [6.45, 7) is 9.22. The predicted octanol–water partition coefficient (Wildman–Crippen LogP) is 2.30. The molecule has 2 N–H and O–H groups in total. The highest BCUT2D eigenvalue weighted by Crippen LogP contribution is 2.21. The zero-order chi connectivity index (χ0) is 10.6. The van der Waals surface area contributed by atoms with Gasteiger partial charge in [-0.2, -0.15) is 0 Å². The molecule has 0 aromatic heterocycles. The maximum atomic E-state index is 5.63. The molecular formula is C12H20N2. The summed E-state index contributed by atoms with van der Waals surface area (Å²) in [7, 11) is 0. The number of nitrogens with two attached hydrogens (primary N) is 1. The Kier molecular flexibility index (Phi) is 3.96. The normalized spacial score (nSPS) is 10.3. The van der Waals surface area contributed by atoms with Crippen molar-refractivity contribution in [3.05, 3.63) is 29.3 Å². The molecular weight excluding hydrogens is 172 g/mol. The minimum absolute atomic E-state index is 0.620. The molecule has 0 heterocycles. The highest BCUT2D eigenvalue weighted by molar-refractivity contribution is 5.54. The summed E-state index contributed by atoms with van der Waals surface area (Å²) in [6, 6.07) is 6.44. The lowest BCUT2D eigenvalue weighted by Gasteiger charge is -2.23. The Morgan fingerprint density at radius 2 is 1.86 bits per heavy atom.